The van der Waals surface area contributed by atoms with Crippen molar-refractivity contribution in [2.75, 3.05) is 13.6 Å². The molecular weight excluding hydrogens is 225 g/mol. The van der Waals surface area contributed by atoms with Crippen LogP contribution in [0.1, 0.15) is 12.0 Å². The summed E-state index contributed by atoms with van der Waals surface area (Å²) in [7, 11) is 1.71. The summed E-state index contributed by atoms with van der Waals surface area (Å²) in [5.41, 5.74) is 0.525. The van der Waals surface area contributed by atoms with Crippen LogP contribution in [0.15, 0.2) is 24.3 Å². The molecule has 1 aromatic carbocycles. The Morgan fingerprint density at radius 3 is 2.71 bits per heavy atom. The van der Waals surface area contributed by atoms with E-state index in [9.17, 15) is 14.3 Å². The van der Waals surface area contributed by atoms with Gasteiger partial charge < -0.3 is 10.2 Å². The third-order valence-electron chi connectivity index (χ3n) is 2.33. The number of nitrogens with zero attached hydrogens (tertiary/aromatic N) is 1. The Labute approximate surface area is 99.3 Å². The predicted molar refractivity (Wildman–Crippen MR) is 61.0 cm³/mol. The van der Waals surface area contributed by atoms with Crippen LogP contribution < -0.4 is 0 Å². The van der Waals surface area contributed by atoms with Crippen molar-refractivity contribution in [1.29, 1.82) is 0 Å². The van der Waals surface area contributed by atoms with E-state index in [-0.39, 0.29) is 18.8 Å². The highest BCUT2D eigenvalue weighted by Gasteiger charge is 2.13. The molecule has 0 spiro atoms. The average molecular weight is 241 g/mol. The molecule has 1 aromatic rings. The highest BCUT2D eigenvalue weighted by atomic mass is 19.1. The molecule has 5 heteroatoms. The number of rotatable bonds is 6. The number of hydrogen-bond acceptors (Lipinski definition) is 3. The summed E-state index contributed by atoms with van der Waals surface area (Å²) in [6.07, 6.45) is -1.24. The number of benzene rings is 1. The number of carboxylic acid groups (broad SMARTS) is 1. The number of aliphatic hydroxyl groups excluding tert-OH is 1. The maximum atomic E-state index is 13.3. The first-order chi connectivity index (χ1) is 7.99. The van der Waals surface area contributed by atoms with Gasteiger partial charge in [-0.05, 0) is 13.1 Å². The van der Waals surface area contributed by atoms with Crippen LogP contribution in [0.4, 0.5) is 4.39 Å². The first kappa shape index (κ1) is 13.6. The van der Waals surface area contributed by atoms with E-state index in [0.29, 0.717) is 12.1 Å². The molecule has 0 aromatic heterocycles. The molecule has 0 saturated heterocycles. The van der Waals surface area contributed by atoms with E-state index < -0.39 is 12.1 Å². The van der Waals surface area contributed by atoms with Gasteiger partial charge in [0.15, 0.2) is 0 Å². The predicted octanol–water partition coefficient (Wildman–Crippen LogP) is 1.09. The van der Waals surface area contributed by atoms with E-state index in [1.54, 1.807) is 30.1 Å². The fourth-order valence-corrected chi connectivity index (χ4v) is 1.61. The molecule has 1 unspecified atom stereocenters. The third kappa shape index (κ3) is 4.93. The van der Waals surface area contributed by atoms with Crippen molar-refractivity contribution in [2.24, 2.45) is 0 Å². The van der Waals surface area contributed by atoms with Crippen LogP contribution in [0.25, 0.3) is 0 Å². The summed E-state index contributed by atoms with van der Waals surface area (Å²) >= 11 is 0. The Bertz CT molecular complexity index is 384. The highest BCUT2D eigenvalue weighted by molar-refractivity contribution is 5.67. The molecule has 1 rings (SSSR count). The molecule has 0 heterocycles. The summed E-state index contributed by atoms with van der Waals surface area (Å²) in [5.74, 6) is -1.34. The highest BCUT2D eigenvalue weighted by Crippen LogP contribution is 2.09. The van der Waals surface area contributed by atoms with E-state index in [4.69, 9.17) is 5.11 Å². The molecule has 4 nitrogen and oxygen atoms in total. The molecule has 0 radical (unpaired) electrons. The Morgan fingerprint density at radius 2 is 2.12 bits per heavy atom. The van der Waals surface area contributed by atoms with Gasteiger partial charge in [0.2, 0.25) is 0 Å². The minimum Gasteiger partial charge on any atom is -0.481 e. The van der Waals surface area contributed by atoms with E-state index in [1.807, 2.05) is 0 Å². The van der Waals surface area contributed by atoms with Crippen LogP contribution in [0.5, 0.6) is 0 Å². The van der Waals surface area contributed by atoms with Crippen molar-refractivity contribution in [3.8, 4) is 0 Å². The molecule has 94 valence electrons. The molecule has 0 fully saturated rings. The van der Waals surface area contributed by atoms with Gasteiger partial charge in [0.25, 0.3) is 0 Å². The average Bonchev–Trinajstić information content (AvgIpc) is 2.19. The minimum absolute atomic E-state index is 0.195. The Morgan fingerprint density at radius 1 is 1.47 bits per heavy atom. The molecular formula is C12H16FNO3. The zero-order valence-electron chi connectivity index (χ0n) is 9.64. The van der Waals surface area contributed by atoms with Gasteiger partial charge in [-0.2, -0.15) is 0 Å². The molecule has 1 atom stereocenters. The first-order valence-electron chi connectivity index (χ1n) is 5.31. The van der Waals surface area contributed by atoms with Crippen molar-refractivity contribution in [3.63, 3.8) is 0 Å². The van der Waals surface area contributed by atoms with Crippen molar-refractivity contribution < 1.29 is 19.4 Å². The van der Waals surface area contributed by atoms with Gasteiger partial charge in [0.05, 0.1) is 12.5 Å². The Kier molecular flexibility index (Phi) is 5.06. The van der Waals surface area contributed by atoms with Crippen molar-refractivity contribution in [2.45, 2.75) is 19.1 Å². The Balaban J connectivity index is 2.47. The number of carbonyl (C=O) groups is 1. The Hall–Kier alpha value is -1.46. The lowest BCUT2D eigenvalue weighted by Gasteiger charge is -2.19. The maximum absolute atomic E-state index is 13.3. The lowest BCUT2D eigenvalue weighted by molar-refractivity contribution is -0.139. The molecule has 0 saturated carbocycles. The lowest BCUT2D eigenvalue weighted by Crippen LogP contribution is -2.30. The molecule has 0 bridgehead atoms. The number of hydrogen-bond donors (Lipinski definition) is 2. The van der Waals surface area contributed by atoms with Crippen LogP contribution in [-0.2, 0) is 11.3 Å². The first-order valence-corrected chi connectivity index (χ1v) is 5.31. The normalized spacial score (nSPS) is 12.7. The monoisotopic (exact) mass is 241 g/mol. The van der Waals surface area contributed by atoms with Gasteiger partial charge >= 0.3 is 5.97 Å². The van der Waals surface area contributed by atoms with Crippen molar-refractivity contribution in [1.82, 2.24) is 4.90 Å². The van der Waals surface area contributed by atoms with Gasteiger partial charge in [0, 0.05) is 18.7 Å². The van der Waals surface area contributed by atoms with Gasteiger partial charge in [0.1, 0.15) is 5.82 Å². The van der Waals surface area contributed by atoms with E-state index >= 15 is 0 Å². The van der Waals surface area contributed by atoms with Crippen LogP contribution in [0.2, 0.25) is 0 Å². The minimum atomic E-state index is -1.04. The number of aliphatic carboxylic acids is 1. The summed E-state index contributed by atoms with van der Waals surface area (Å²) in [6.45, 7) is 0.532. The van der Waals surface area contributed by atoms with E-state index in [1.165, 1.54) is 6.07 Å². The van der Waals surface area contributed by atoms with Crippen LogP contribution in [0, 0.1) is 5.82 Å². The molecule has 2 N–H and O–H groups in total. The molecule has 0 aliphatic carbocycles. The number of likely N-dealkylation sites (N-methyl/N-ethyl adjacent to an activating group) is 1. The zero-order valence-corrected chi connectivity index (χ0v) is 9.64. The van der Waals surface area contributed by atoms with Gasteiger partial charge in [-0.3, -0.25) is 9.69 Å². The second-order valence-corrected chi connectivity index (χ2v) is 4.04. The fraction of sp³-hybridized carbons (Fsp3) is 0.417. The van der Waals surface area contributed by atoms with E-state index in [0.717, 1.165) is 0 Å². The van der Waals surface area contributed by atoms with Gasteiger partial charge in [-0.1, -0.05) is 18.2 Å². The summed E-state index contributed by atoms with van der Waals surface area (Å²) in [6, 6.07) is 6.38. The van der Waals surface area contributed by atoms with Gasteiger partial charge in [-0.15, -0.1) is 0 Å². The maximum Gasteiger partial charge on any atom is 0.306 e. The molecule has 0 amide bonds. The summed E-state index contributed by atoms with van der Waals surface area (Å²) in [5, 5.41) is 17.9. The standard InChI is InChI=1S/C12H16FNO3/c1-14(8-10(15)6-12(16)17)7-9-4-2-3-5-11(9)13/h2-5,10,15H,6-8H2,1H3,(H,16,17). The SMILES string of the molecule is CN(Cc1ccccc1F)CC(O)CC(=O)O. The number of halogens is 1. The topological polar surface area (TPSA) is 60.8 Å². The largest absolute Gasteiger partial charge is 0.481 e. The van der Waals surface area contributed by atoms with Crippen LogP contribution >= 0.6 is 0 Å². The second kappa shape index (κ2) is 6.32. The number of aliphatic hydroxyl groups is 1. The molecule has 0 aliphatic heterocycles. The molecule has 0 aliphatic rings. The fourth-order valence-electron chi connectivity index (χ4n) is 1.61. The quantitative estimate of drug-likeness (QED) is 0.782. The molecule has 17 heavy (non-hydrogen) atoms. The van der Waals surface area contributed by atoms with Crippen LogP contribution in [-0.4, -0.2) is 40.8 Å². The number of carboxylic acids is 1. The van der Waals surface area contributed by atoms with Crippen molar-refractivity contribution >= 4 is 5.97 Å². The van der Waals surface area contributed by atoms with E-state index in [2.05, 4.69) is 0 Å². The summed E-state index contributed by atoms with van der Waals surface area (Å²) in [4.78, 5) is 12.1. The summed E-state index contributed by atoms with van der Waals surface area (Å²) < 4.78 is 13.3. The second-order valence-electron chi connectivity index (χ2n) is 4.04. The third-order valence-corrected chi connectivity index (χ3v) is 2.33. The zero-order chi connectivity index (χ0) is 12.8. The lowest BCUT2D eigenvalue weighted by atomic mass is 10.2. The van der Waals surface area contributed by atoms with Crippen molar-refractivity contribution in [3.05, 3.63) is 35.6 Å². The van der Waals surface area contributed by atoms with Gasteiger partial charge in [-0.25, -0.2) is 4.39 Å². The smallest absolute Gasteiger partial charge is 0.306 e. The van der Waals surface area contributed by atoms with Crippen LogP contribution in [0.3, 0.4) is 0 Å².